The summed E-state index contributed by atoms with van der Waals surface area (Å²) < 4.78 is 9.22. The normalized spacial score (nSPS) is 9.42. The Labute approximate surface area is 135 Å². The Hall–Kier alpha value is -3.30. The second-order valence-corrected chi connectivity index (χ2v) is 4.03. The van der Waals surface area contributed by atoms with Gasteiger partial charge in [-0.2, -0.15) is 0 Å². The molecule has 0 aliphatic carbocycles. The van der Waals surface area contributed by atoms with E-state index < -0.39 is 23.1 Å². The van der Waals surface area contributed by atoms with E-state index in [1.54, 1.807) is 13.8 Å². The van der Waals surface area contributed by atoms with Crippen LogP contribution in [0, 0.1) is 0 Å². The van der Waals surface area contributed by atoms with Gasteiger partial charge in [-0.1, -0.05) is 0 Å². The SMILES string of the molecule is CCOC(=O)c1cnc[nH]c1=O.CCOC(=O)c1cnc[nH]c1=O. The van der Waals surface area contributed by atoms with Crippen molar-refractivity contribution in [3.63, 3.8) is 0 Å². The van der Waals surface area contributed by atoms with Gasteiger partial charge in [0.05, 0.1) is 25.9 Å². The number of esters is 2. The van der Waals surface area contributed by atoms with Crippen LogP contribution < -0.4 is 11.1 Å². The summed E-state index contributed by atoms with van der Waals surface area (Å²) in [6.45, 7) is 3.82. The third-order valence-corrected chi connectivity index (χ3v) is 2.43. The van der Waals surface area contributed by atoms with Crippen LogP contribution in [0.5, 0.6) is 0 Å². The third-order valence-electron chi connectivity index (χ3n) is 2.43. The molecule has 0 spiro atoms. The van der Waals surface area contributed by atoms with Crippen molar-refractivity contribution < 1.29 is 19.1 Å². The molecule has 0 saturated heterocycles. The molecular weight excluding hydrogens is 320 g/mol. The zero-order chi connectivity index (χ0) is 17.9. The lowest BCUT2D eigenvalue weighted by atomic mass is 10.3. The van der Waals surface area contributed by atoms with Crippen LogP contribution in [0.2, 0.25) is 0 Å². The highest BCUT2D eigenvalue weighted by Crippen LogP contribution is 1.91. The second-order valence-electron chi connectivity index (χ2n) is 4.03. The fourth-order valence-electron chi connectivity index (χ4n) is 1.40. The highest BCUT2D eigenvalue weighted by molar-refractivity contribution is 5.88. The lowest BCUT2D eigenvalue weighted by molar-refractivity contribution is 0.0514. The molecule has 24 heavy (non-hydrogen) atoms. The first-order valence-electron chi connectivity index (χ1n) is 6.90. The Balaban J connectivity index is 0.000000240. The van der Waals surface area contributed by atoms with E-state index in [1.165, 1.54) is 25.0 Å². The summed E-state index contributed by atoms with van der Waals surface area (Å²) >= 11 is 0. The number of nitrogens with zero attached hydrogens (tertiary/aromatic N) is 2. The fourth-order valence-corrected chi connectivity index (χ4v) is 1.40. The third kappa shape index (κ3) is 5.48. The van der Waals surface area contributed by atoms with Gasteiger partial charge in [0.2, 0.25) is 0 Å². The van der Waals surface area contributed by atoms with Crippen molar-refractivity contribution in [1.82, 2.24) is 19.9 Å². The molecule has 10 nitrogen and oxygen atoms in total. The largest absolute Gasteiger partial charge is 0.462 e. The standard InChI is InChI=1S/2C7H8N2O3/c2*1-2-12-7(11)5-3-8-4-9-6(5)10/h2*3-4H,2H2,1H3,(H,8,9,10). The van der Waals surface area contributed by atoms with E-state index in [4.69, 9.17) is 0 Å². The Kier molecular flexibility index (Phi) is 7.55. The molecule has 0 bridgehead atoms. The molecule has 10 heteroatoms. The maximum absolute atomic E-state index is 11.0. The molecule has 0 fully saturated rings. The van der Waals surface area contributed by atoms with E-state index in [2.05, 4.69) is 29.4 Å². The molecule has 0 saturated carbocycles. The van der Waals surface area contributed by atoms with Gasteiger partial charge in [-0.3, -0.25) is 9.59 Å². The van der Waals surface area contributed by atoms with Gasteiger partial charge < -0.3 is 19.4 Å². The number of aromatic amines is 2. The van der Waals surface area contributed by atoms with Crippen molar-refractivity contribution >= 4 is 11.9 Å². The second kappa shape index (κ2) is 9.66. The Morgan fingerprint density at radius 2 is 1.25 bits per heavy atom. The molecule has 0 aliphatic rings. The molecule has 0 unspecified atom stereocenters. The summed E-state index contributed by atoms with van der Waals surface area (Å²) in [7, 11) is 0. The molecule has 128 valence electrons. The highest BCUT2D eigenvalue weighted by Gasteiger charge is 2.10. The van der Waals surface area contributed by atoms with E-state index in [9.17, 15) is 19.2 Å². The average Bonchev–Trinajstić information content (AvgIpc) is 2.56. The number of rotatable bonds is 4. The Morgan fingerprint density at radius 3 is 1.54 bits per heavy atom. The van der Waals surface area contributed by atoms with Crippen molar-refractivity contribution in [2.75, 3.05) is 13.2 Å². The molecule has 2 aromatic heterocycles. The van der Waals surface area contributed by atoms with E-state index in [1.807, 2.05) is 0 Å². The van der Waals surface area contributed by atoms with E-state index >= 15 is 0 Å². The average molecular weight is 336 g/mol. The summed E-state index contributed by atoms with van der Waals surface area (Å²) in [5, 5.41) is 0. The smallest absolute Gasteiger partial charge is 0.345 e. The predicted octanol–water partition coefficient (Wildman–Crippen LogP) is -0.107. The topological polar surface area (TPSA) is 144 Å². The van der Waals surface area contributed by atoms with Crippen molar-refractivity contribution in [2.45, 2.75) is 13.8 Å². The van der Waals surface area contributed by atoms with E-state index in [0.717, 1.165) is 0 Å². The predicted molar refractivity (Wildman–Crippen MR) is 81.6 cm³/mol. The number of H-pyrrole nitrogens is 2. The fraction of sp³-hybridized carbons (Fsp3) is 0.286. The first-order chi connectivity index (χ1) is 11.5. The molecule has 0 atom stereocenters. The van der Waals surface area contributed by atoms with Gasteiger partial charge in [0.25, 0.3) is 11.1 Å². The number of hydrogen-bond donors (Lipinski definition) is 2. The van der Waals surface area contributed by atoms with Gasteiger partial charge in [-0.15, -0.1) is 0 Å². The van der Waals surface area contributed by atoms with Gasteiger partial charge in [0.1, 0.15) is 11.1 Å². The molecule has 2 aromatic rings. The van der Waals surface area contributed by atoms with Gasteiger partial charge in [-0.05, 0) is 13.8 Å². The maximum atomic E-state index is 11.0. The van der Waals surface area contributed by atoms with Crippen molar-refractivity contribution in [1.29, 1.82) is 0 Å². The van der Waals surface area contributed by atoms with Gasteiger partial charge >= 0.3 is 11.9 Å². The number of nitrogens with one attached hydrogen (secondary N) is 2. The Bertz CT molecular complexity index is 730. The minimum Gasteiger partial charge on any atom is -0.462 e. The number of hydrogen-bond acceptors (Lipinski definition) is 8. The molecule has 2 N–H and O–H groups in total. The minimum absolute atomic E-state index is 0.0700. The van der Waals surface area contributed by atoms with Gasteiger partial charge in [0, 0.05) is 12.4 Å². The summed E-state index contributed by atoms with van der Waals surface area (Å²) in [4.78, 5) is 55.6. The highest BCUT2D eigenvalue weighted by atomic mass is 16.5. The first kappa shape index (κ1) is 18.7. The summed E-state index contributed by atoms with van der Waals surface area (Å²) in [5.74, 6) is -1.29. The van der Waals surface area contributed by atoms with E-state index in [-0.39, 0.29) is 24.3 Å². The Morgan fingerprint density at radius 1 is 0.875 bits per heavy atom. The van der Waals surface area contributed by atoms with Gasteiger partial charge in [-0.25, -0.2) is 19.6 Å². The minimum atomic E-state index is -0.646. The van der Waals surface area contributed by atoms with Crippen LogP contribution in [0.3, 0.4) is 0 Å². The number of ether oxygens (including phenoxy) is 2. The van der Waals surface area contributed by atoms with Crippen LogP contribution in [0.1, 0.15) is 34.6 Å². The van der Waals surface area contributed by atoms with Crippen LogP contribution >= 0.6 is 0 Å². The van der Waals surface area contributed by atoms with Crippen LogP contribution in [0.4, 0.5) is 0 Å². The van der Waals surface area contributed by atoms with Gasteiger partial charge in [0.15, 0.2) is 0 Å². The quantitative estimate of drug-likeness (QED) is 0.736. The number of aromatic nitrogens is 4. The molecule has 0 aliphatic heterocycles. The monoisotopic (exact) mass is 336 g/mol. The van der Waals surface area contributed by atoms with E-state index in [0.29, 0.717) is 0 Å². The molecule has 0 aromatic carbocycles. The maximum Gasteiger partial charge on any atom is 0.345 e. The lowest BCUT2D eigenvalue weighted by Crippen LogP contribution is -2.19. The first-order valence-corrected chi connectivity index (χ1v) is 6.90. The summed E-state index contributed by atoms with van der Waals surface area (Å²) in [6, 6.07) is 0. The van der Waals surface area contributed by atoms with Crippen LogP contribution in [-0.2, 0) is 9.47 Å². The van der Waals surface area contributed by atoms with Crippen LogP contribution in [0.15, 0.2) is 34.6 Å². The molecular formula is C14H16N4O6. The molecule has 2 heterocycles. The number of carbonyl (C=O) groups excluding carboxylic acids is 2. The van der Waals surface area contributed by atoms with Crippen molar-refractivity contribution in [3.05, 3.63) is 56.9 Å². The zero-order valence-corrected chi connectivity index (χ0v) is 13.1. The number of carbonyl (C=O) groups is 2. The molecule has 2 rings (SSSR count). The summed E-state index contributed by atoms with van der Waals surface area (Å²) in [6.07, 6.45) is 4.78. The molecule has 0 radical (unpaired) electrons. The zero-order valence-electron chi connectivity index (χ0n) is 13.1. The van der Waals surface area contributed by atoms with Crippen molar-refractivity contribution in [2.24, 2.45) is 0 Å². The van der Waals surface area contributed by atoms with Crippen LogP contribution in [-0.4, -0.2) is 45.1 Å². The lowest BCUT2D eigenvalue weighted by Gasteiger charge is -1.98. The van der Waals surface area contributed by atoms with Crippen LogP contribution in [0.25, 0.3) is 0 Å². The van der Waals surface area contributed by atoms with Crippen molar-refractivity contribution in [3.8, 4) is 0 Å². The molecule has 0 amide bonds. The summed E-state index contributed by atoms with van der Waals surface area (Å²) in [5.41, 5.74) is -1.11.